The fraction of sp³-hybridized carbons (Fsp3) is 0.0909. The van der Waals surface area contributed by atoms with Crippen molar-refractivity contribution < 1.29 is 9.53 Å². The van der Waals surface area contributed by atoms with E-state index in [-0.39, 0.29) is 11.9 Å². The average Bonchev–Trinajstić information content (AvgIpc) is 3.20. The second-order valence-electron chi connectivity index (χ2n) is 6.18. The van der Waals surface area contributed by atoms with Gasteiger partial charge in [-0.1, -0.05) is 48.5 Å². The third-order valence-corrected chi connectivity index (χ3v) is 4.22. The summed E-state index contributed by atoms with van der Waals surface area (Å²) in [6.07, 6.45) is 0. The first-order valence-corrected chi connectivity index (χ1v) is 8.79. The summed E-state index contributed by atoms with van der Waals surface area (Å²) in [5, 5.41) is 5.93. The van der Waals surface area contributed by atoms with Gasteiger partial charge in [-0.2, -0.15) is 0 Å². The molecule has 1 aliphatic heterocycles. The number of aliphatic imine (C=N–C) groups is 1. The molecular formula is C22H19N3O2. The highest BCUT2D eigenvalue weighted by Gasteiger charge is 2.23. The highest BCUT2D eigenvalue weighted by Crippen LogP contribution is 2.27. The van der Waals surface area contributed by atoms with Gasteiger partial charge in [-0.25, -0.2) is 0 Å². The van der Waals surface area contributed by atoms with Crippen molar-refractivity contribution in [3.63, 3.8) is 0 Å². The molecule has 2 N–H and O–H groups in total. The molecular weight excluding hydrogens is 338 g/mol. The SMILES string of the molecule is O=C(Nc1ccccc1)C1=NC(c2cccc(Oc3ccccc3)c2)CN1. The Hall–Kier alpha value is -3.60. The minimum Gasteiger partial charge on any atom is -0.457 e. The highest BCUT2D eigenvalue weighted by atomic mass is 16.5. The normalized spacial score (nSPS) is 15.6. The molecule has 5 heteroatoms. The molecule has 0 radical (unpaired) electrons. The largest absolute Gasteiger partial charge is 0.457 e. The van der Waals surface area contributed by atoms with Crippen LogP contribution in [0, 0.1) is 0 Å². The molecule has 0 saturated heterocycles. The van der Waals surface area contributed by atoms with E-state index in [1.165, 1.54) is 0 Å². The van der Waals surface area contributed by atoms with Crippen LogP contribution in [0.15, 0.2) is 89.9 Å². The van der Waals surface area contributed by atoms with Gasteiger partial charge in [0.15, 0.2) is 5.84 Å². The lowest BCUT2D eigenvalue weighted by Gasteiger charge is -2.10. The number of para-hydroxylation sites is 2. The van der Waals surface area contributed by atoms with E-state index < -0.39 is 0 Å². The number of hydrogen-bond acceptors (Lipinski definition) is 4. The van der Waals surface area contributed by atoms with Gasteiger partial charge in [0.1, 0.15) is 11.5 Å². The van der Waals surface area contributed by atoms with Crippen LogP contribution in [0.1, 0.15) is 11.6 Å². The van der Waals surface area contributed by atoms with E-state index in [1.54, 1.807) is 0 Å². The number of anilines is 1. The van der Waals surface area contributed by atoms with Gasteiger partial charge in [0.05, 0.1) is 6.04 Å². The van der Waals surface area contributed by atoms with E-state index in [0.29, 0.717) is 12.4 Å². The predicted octanol–water partition coefficient (Wildman–Crippen LogP) is 4.16. The van der Waals surface area contributed by atoms with Crippen LogP contribution < -0.4 is 15.4 Å². The molecule has 1 amide bonds. The van der Waals surface area contributed by atoms with E-state index in [9.17, 15) is 4.79 Å². The van der Waals surface area contributed by atoms with Crippen molar-refractivity contribution in [3.05, 3.63) is 90.5 Å². The minimum atomic E-state index is -0.236. The van der Waals surface area contributed by atoms with Crippen LogP contribution in [-0.4, -0.2) is 18.3 Å². The Morgan fingerprint density at radius 3 is 2.41 bits per heavy atom. The zero-order valence-corrected chi connectivity index (χ0v) is 14.6. The molecule has 134 valence electrons. The molecule has 3 aromatic carbocycles. The monoisotopic (exact) mass is 357 g/mol. The lowest BCUT2D eigenvalue weighted by Crippen LogP contribution is -2.32. The molecule has 0 aromatic heterocycles. The first kappa shape index (κ1) is 16.8. The van der Waals surface area contributed by atoms with Crippen molar-refractivity contribution in [1.29, 1.82) is 0 Å². The summed E-state index contributed by atoms with van der Waals surface area (Å²) in [5.74, 6) is 1.64. The van der Waals surface area contributed by atoms with Crippen LogP contribution in [0.4, 0.5) is 5.69 Å². The number of nitrogens with one attached hydrogen (secondary N) is 2. The number of hydrogen-bond donors (Lipinski definition) is 2. The van der Waals surface area contributed by atoms with E-state index >= 15 is 0 Å². The fourth-order valence-corrected chi connectivity index (χ4v) is 2.89. The number of ether oxygens (including phenoxy) is 1. The summed E-state index contributed by atoms with van der Waals surface area (Å²) in [6, 6.07) is 26.6. The molecule has 1 atom stereocenters. The number of nitrogens with zero attached hydrogens (tertiary/aromatic N) is 1. The van der Waals surface area contributed by atoms with E-state index in [1.807, 2.05) is 84.9 Å². The van der Waals surface area contributed by atoms with E-state index in [4.69, 9.17) is 4.74 Å². The maximum Gasteiger partial charge on any atom is 0.290 e. The number of amidine groups is 1. The summed E-state index contributed by atoms with van der Waals surface area (Å²) in [7, 11) is 0. The molecule has 0 fully saturated rings. The molecule has 5 nitrogen and oxygen atoms in total. The Balaban J connectivity index is 1.46. The molecule has 0 aliphatic carbocycles. The van der Waals surface area contributed by atoms with Crippen molar-refractivity contribution in [2.24, 2.45) is 4.99 Å². The van der Waals surface area contributed by atoms with Crippen LogP contribution in [0.2, 0.25) is 0 Å². The first-order chi connectivity index (χ1) is 13.3. The maximum absolute atomic E-state index is 12.4. The van der Waals surface area contributed by atoms with Gasteiger partial charge >= 0.3 is 0 Å². The summed E-state index contributed by atoms with van der Waals surface area (Å²) >= 11 is 0. The van der Waals surface area contributed by atoms with Crippen molar-refractivity contribution in [2.45, 2.75) is 6.04 Å². The molecule has 3 aromatic rings. The topological polar surface area (TPSA) is 62.7 Å². The number of benzene rings is 3. The van der Waals surface area contributed by atoms with Crippen molar-refractivity contribution in [2.75, 3.05) is 11.9 Å². The quantitative estimate of drug-likeness (QED) is 0.721. The van der Waals surface area contributed by atoms with Gasteiger partial charge in [0, 0.05) is 12.2 Å². The molecule has 0 saturated carbocycles. The van der Waals surface area contributed by atoms with E-state index in [2.05, 4.69) is 15.6 Å². The van der Waals surface area contributed by atoms with Crippen LogP contribution in [0.5, 0.6) is 11.5 Å². The summed E-state index contributed by atoms with van der Waals surface area (Å²) < 4.78 is 5.88. The third-order valence-electron chi connectivity index (χ3n) is 4.22. The van der Waals surface area contributed by atoms with Crippen molar-refractivity contribution >= 4 is 17.4 Å². The standard InChI is InChI=1S/C22H19N3O2/c26-22(24-17-9-3-1-4-10-17)21-23-15-20(25-21)16-8-7-13-19(14-16)27-18-11-5-2-6-12-18/h1-14,20H,15H2,(H,23,25)(H,24,26). The zero-order chi connectivity index (χ0) is 18.5. The van der Waals surface area contributed by atoms with Crippen LogP contribution >= 0.6 is 0 Å². The molecule has 1 aliphatic rings. The highest BCUT2D eigenvalue weighted by molar-refractivity contribution is 6.42. The second kappa shape index (κ2) is 7.74. The molecule has 0 bridgehead atoms. The lowest BCUT2D eigenvalue weighted by atomic mass is 10.1. The average molecular weight is 357 g/mol. The van der Waals surface area contributed by atoms with Crippen LogP contribution in [0.3, 0.4) is 0 Å². The summed E-state index contributed by atoms with van der Waals surface area (Å²) in [4.78, 5) is 16.9. The van der Waals surface area contributed by atoms with Gasteiger partial charge in [-0.05, 0) is 42.0 Å². The lowest BCUT2D eigenvalue weighted by molar-refractivity contribution is -0.110. The van der Waals surface area contributed by atoms with E-state index in [0.717, 1.165) is 22.7 Å². The number of rotatable bonds is 5. The Morgan fingerprint density at radius 2 is 1.63 bits per heavy atom. The smallest absolute Gasteiger partial charge is 0.290 e. The predicted molar refractivity (Wildman–Crippen MR) is 106 cm³/mol. The Kier molecular flexibility index (Phi) is 4.83. The van der Waals surface area contributed by atoms with Gasteiger partial charge in [0.25, 0.3) is 5.91 Å². The number of amides is 1. The molecule has 1 unspecified atom stereocenters. The molecule has 1 heterocycles. The fourth-order valence-electron chi connectivity index (χ4n) is 2.89. The maximum atomic E-state index is 12.4. The molecule has 0 spiro atoms. The van der Waals surface area contributed by atoms with Crippen LogP contribution in [0.25, 0.3) is 0 Å². The van der Waals surface area contributed by atoms with Gasteiger partial charge < -0.3 is 15.4 Å². The third kappa shape index (κ3) is 4.15. The van der Waals surface area contributed by atoms with Crippen molar-refractivity contribution in [3.8, 4) is 11.5 Å². The Labute approximate surface area is 157 Å². The molecule has 27 heavy (non-hydrogen) atoms. The van der Waals surface area contributed by atoms with Gasteiger partial charge in [-0.3, -0.25) is 9.79 Å². The minimum absolute atomic E-state index is 0.124. The van der Waals surface area contributed by atoms with Crippen molar-refractivity contribution in [1.82, 2.24) is 5.32 Å². The van der Waals surface area contributed by atoms with Crippen LogP contribution in [-0.2, 0) is 4.79 Å². The Morgan fingerprint density at radius 1 is 0.926 bits per heavy atom. The number of carbonyl (C=O) groups excluding carboxylic acids is 1. The molecule has 4 rings (SSSR count). The summed E-state index contributed by atoms with van der Waals surface area (Å²) in [6.45, 7) is 0.576. The Bertz CT molecular complexity index is 956. The summed E-state index contributed by atoms with van der Waals surface area (Å²) in [5.41, 5.74) is 1.74. The zero-order valence-electron chi connectivity index (χ0n) is 14.6. The van der Waals surface area contributed by atoms with Gasteiger partial charge in [0.2, 0.25) is 0 Å². The number of carbonyl (C=O) groups is 1. The van der Waals surface area contributed by atoms with Gasteiger partial charge in [-0.15, -0.1) is 0 Å². The first-order valence-electron chi connectivity index (χ1n) is 8.79. The second-order valence-corrected chi connectivity index (χ2v) is 6.18.